The van der Waals surface area contributed by atoms with Gasteiger partial charge in [0.1, 0.15) is 0 Å². The quantitative estimate of drug-likeness (QED) is 0.545. The van der Waals surface area contributed by atoms with Crippen molar-refractivity contribution >= 4 is 11.6 Å². The van der Waals surface area contributed by atoms with Crippen LogP contribution in [0.25, 0.3) is 0 Å². The minimum atomic E-state index is 0.115. The molecule has 0 aliphatic heterocycles. The van der Waals surface area contributed by atoms with Crippen LogP contribution in [0.4, 0.5) is 5.69 Å². The van der Waals surface area contributed by atoms with Crippen molar-refractivity contribution in [2.24, 2.45) is 16.5 Å². The summed E-state index contributed by atoms with van der Waals surface area (Å²) in [6.45, 7) is 10.4. The van der Waals surface area contributed by atoms with Gasteiger partial charge in [0.25, 0.3) is 0 Å². The maximum atomic E-state index is 5.43. The Labute approximate surface area is 91.2 Å². The predicted molar refractivity (Wildman–Crippen MR) is 65.6 cm³/mol. The zero-order valence-corrected chi connectivity index (χ0v) is 10.1. The summed E-state index contributed by atoms with van der Waals surface area (Å²) in [6, 6.07) is 0. The van der Waals surface area contributed by atoms with Gasteiger partial charge in [-0.1, -0.05) is 0 Å². The van der Waals surface area contributed by atoms with Gasteiger partial charge in [-0.3, -0.25) is 0 Å². The molecule has 1 rings (SSSR count). The van der Waals surface area contributed by atoms with Gasteiger partial charge in [-0.05, 0) is 62.4 Å². The number of rotatable bonds is 1. The van der Waals surface area contributed by atoms with Gasteiger partial charge in [-0.25, -0.2) is 4.99 Å². The smallest absolute Gasteiger partial charge is 0.191 e. The second kappa shape index (κ2) is 3.93. The van der Waals surface area contributed by atoms with E-state index in [4.69, 9.17) is 11.5 Å². The average Bonchev–Trinajstić information content (AvgIpc) is 2.18. The van der Waals surface area contributed by atoms with Crippen LogP contribution in [0.5, 0.6) is 0 Å². The summed E-state index contributed by atoms with van der Waals surface area (Å²) in [4.78, 5) is 4.19. The molecule has 3 nitrogen and oxygen atoms in total. The molecular formula is C12H19N3. The molecule has 82 valence electrons. The molecule has 1 aromatic rings. The SMILES string of the molecule is Cc1c(C)c(C)c(N=C(N)N)c(C)c1C. The van der Waals surface area contributed by atoms with E-state index in [1.54, 1.807) is 0 Å². The summed E-state index contributed by atoms with van der Waals surface area (Å²) in [7, 11) is 0. The van der Waals surface area contributed by atoms with Gasteiger partial charge in [-0.2, -0.15) is 0 Å². The van der Waals surface area contributed by atoms with E-state index in [1.165, 1.54) is 16.7 Å². The monoisotopic (exact) mass is 205 g/mol. The fourth-order valence-electron chi connectivity index (χ4n) is 1.78. The summed E-state index contributed by atoms with van der Waals surface area (Å²) in [5.41, 5.74) is 17.9. The highest BCUT2D eigenvalue weighted by molar-refractivity contribution is 5.81. The Morgan fingerprint density at radius 1 is 0.733 bits per heavy atom. The third kappa shape index (κ3) is 1.96. The van der Waals surface area contributed by atoms with Crippen molar-refractivity contribution in [3.8, 4) is 0 Å². The fourth-order valence-corrected chi connectivity index (χ4v) is 1.78. The highest BCUT2D eigenvalue weighted by Crippen LogP contribution is 2.31. The van der Waals surface area contributed by atoms with Crippen molar-refractivity contribution in [1.29, 1.82) is 0 Å². The van der Waals surface area contributed by atoms with Gasteiger partial charge >= 0.3 is 0 Å². The van der Waals surface area contributed by atoms with Crippen LogP contribution in [0.15, 0.2) is 4.99 Å². The van der Waals surface area contributed by atoms with Crippen molar-refractivity contribution in [2.45, 2.75) is 34.6 Å². The number of guanidine groups is 1. The van der Waals surface area contributed by atoms with Crippen LogP contribution in [0.3, 0.4) is 0 Å². The zero-order chi connectivity index (χ0) is 11.7. The minimum absolute atomic E-state index is 0.115. The first-order chi connectivity index (χ1) is 6.86. The van der Waals surface area contributed by atoms with Crippen LogP contribution in [0, 0.1) is 34.6 Å². The third-order valence-electron chi connectivity index (χ3n) is 3.20. The van der Waals surface area contributed by atoms with E-state index in [1.807, 2.05) is 0 Å². The number of nitrogens with two attached hydrogens (primary N) is 2. The van der Waals surface area contributed by atoms with Crippen LogP contribution in [-0.2, 0) is 0 Å². The van der Waals surface area contributed by atoms with Gasteiger partial charge in [0.15, 0.2) is 5.96 Å². The van der Waals surface area contributed by atoms with Gasteiger partial charge in [0.2, 0.25) is 0 Å². The molecule has 0 aromatic heterocycles. The molecule has 0 heterocycles. The summed E-state index contributed by atoms with van der Waals surface area (Å²) < 4.78 is 0. The fraction of sp³-hybridized carbons (Fsp3) is 0.417. The molecule has 0 aliphatic carbocycles. The Morgan fingerprint density at radius 3 is 1.40 bits per heavy atom. The summed E-state index contributed by atoms with van der Waals surface area (Å²) in [6.07, 6.45) is 0. The van der Waals surface area contributed by atoms with Crippen molar-refractivity contribution in [2.75, 3.05) is 0 Å². The molecule has 0 bridgehead atoms. The second-order valence-corrected chi connectivity index (χ2v) is 4.01. The van der Waals surface area contributed by atoms with Crippen LogP contribution in [0.1, 0.15) is 27.8 Å². The van der Waals surface area contributed by atoms with E-state index >= 15 is 0 Å². The standard InChI is InChI=1S/C12H19N3/c1-6-7(2)9(4)11(15-12(13)14)10(5)8(6)3/h1-5H3,(H4,13,14,15). The molecule has 1 aromatic carbocycles. The maximum absolute atomic E-state index is 5.43. The molecule has 15 heavy (non-hydrogen) atoms. The Balaban J connectivity index is 3.60. The van der Waals surface area contributed by atoms with Crippen LogP contribution in [0.2, 0.25) is 0 Å². The third-order valence-corrected chi connectivity index (χ3v) is 3.20. The lowest BCUT2D eigenvalue weighted by atomic mass is 9.93. The second-order valence-electron chi connectivity index (χ2n) is 4.01. The molecule has 0 unspecified atom stereocenters. The maximum Gasteiger partial charge on any atom is 0.191 e. The number of nitrogens with zero attached hydrogens (tertiary/aromatic N) is 1. The van der Waals surface area contributed by atoms with Gasteiger partial charge in [0.05, 0.1) is 5.69 Å². The van der Waals surface area contributed by atoms with Crippen LogP contribution < -0.4 is 11.5 Å². The highest BCUT2D eigenvalue weighted by atomic mass is 15.0. The molecule has 0 fully saturated rings. The predicted octanol–water partition coefficient (Wildman–Crippen LogP) is 2.13. The highest BCUT2D eigenvalue weighted by Gasteiger charge is 2.11. The molecule has 0 amide bonds. The number of hydrogen-bond acceptors (Lipinski definition) is 1. The Bertz CT molecular complexity index is 398. The molecule has 4 N–H and O–H groups in total. The topological polar surface area (TPSA) is 64.4 Å². The van der Waals surface area contributed by atoms with Gasteiger partial charge in [-0.15, -0.1) is 0 Å². The number of benzene rings is 1. The van der Waals surface area contributed by atoms with E-state index in [2.05, 4.69) is 39.6 Å². The first kappa shape index (κ1) is 11.6. The molecule has 3 heteroatoms. The molecule has 0 saturated heterocycles. The number of hydrogen-bond donors (Lipinski definition) is 2. The largest absolute Gasteiger partial charge is 0.370 e. The first-order valence-corrected chi connectivity index (χ1v) is 5.02. The van der Waals surface area contributed by atoms with E-state index in [0.717, 1.165) is 16.8 Å². The zero-order valence-electron chi connectivity index (χ0n) is 10.1. The summed E-state index contributed by atoms with van der Waals surface area (Å²) in [5, 5.41) is 0. The molecule has 0 spiro atoms. The van der Waals surface area contributed by atoms with E-state index in [-0.39, 0.29) is 5.96 Å². The van der Waals surface area contributed by atoms with Crippen LogP contribution in [-0.4, -0.2) is 5.96 Å². The number of aliphatic imine (C=N–C) groups is 1. The lowest BCUT2D eigenvalue weighted by Crippen LogP contribution is -2.22. The molecular weight excluding hydrogens is 186 g/mol. The normalized spacial score (nSPS) is 10.2. The van der Waals surface area contributed by atoms with Crippen molar-refractivity contribution in [3.63, 3.8) is 0 Å². The lowest BCUT2D eigenvalue weighted by molar-refractivity contribution is 1.16. The molecule has 0 saturated carbocycles. The van der Waals surface area contributed by atoms with E-state index in [0.29, 0.717) is 0 Å². The molecule has 0 aliphatic rings. The molecule has 0 radical (unpaired) electrons. The van der Waals surface area contributed by atoms with Crippen molar-refractivity contribution in [1.82, 2.24) is 0 Å². The Kier molecular flexibility index (Phi) is 3.03. The summed E-state index contributed by atoms with van der Waals surface area (Å²) in [5.74, 6) is 0.115. The van der Waals surface area contributed by atoms with E-state index < -0.39 is 0 Å². The lowest BCUT2D eigenvalue weighted by Gasteiger charge is -2.15. The Morgan fingerprint density at radius 2 is 1.07 bits per heavy atom. The van der Waals surface area contributed by atoms with Gasteiger partial charge in [0, 0.05) is 0 Å². The van der Waals surface area contributed by atoms with Gasteiger partial charge < -0.3 is 11.5 Å². The molecule has 0 atom stereocenters. The Hall–Kier alpha value is -1.51. The minimum Gasteiger partial charge on any atom is -0.370 e. The first-order valence-electron chi connectivity index (χ1n) is 5.02. The van der Waals surface area contributed by atoms with Crippen molar-refractivity contribution in [3.05, 3.63) is 27.8 Å². The average molecular weight is 205 g/mol. The van der Waals surface area contributed by atoms with Crippen LogP contribution >= 0.6 is 0 Å². The van der Waals surface area contributed by atoms with E-state index in [9.17, 15) is 0 Å². The summed E-state index contributed by atoms with van der Waals surface area (Å²) >= 11 is 0. The van der Waals surface area contributed by atoms with Crippen molar-refractivity contribution < 1.29 is 0 Å².